The molecule has 2 aromatic carbocycles. The van der Waals surface area contributed by atoms with E-state index in [1.807, 2.05) is 12.1 Å². The van der Waals surface area contributed by atoms with E-state index in [0.29, 0.717) is 22.1 Å². The molecule has 0 amide bonds. The van der Waals surface area contributed by atoms with Gasteiger partial charge in [-0.05, 0) is 36.4 Å². The van der Waals surface area contributed by atoms with Gasteiger partial charge in [0.15, 0.2) is 5.71 Å². The Bertz CT molecular complexity index is 660. The molecule has 2 rings (SSSR count). The molecule has 0 saturated carbocycles. The van der Waals surface area contributed by atoms with Gasteiger partial charge in [-0.2, -0.15) is 5.26 Å². The highest BCUT2D eigenvalue weighted by Crippen LogP contribution is 2.26. The second kappa shape index (κ2) is 6.60. The average molecular weight is 287 g/mol. The van der Waals surface area contributed by atoms with Gasteiger partial charge in [-0.15, -0.1) is 0 Å². The number of nitrogens with zero attached hydrogens (tertiary/aromatic N) is 2. The number of ether oxygens (including phenoxy) is 1. The number of hydrogen-bond acceptors (Lipinski definition) is 4. The molecule has 0 aliphatic carbocycles. The molecule has 0 spiro atoms. The van der Waals surface area contributed by atoms with Gasteiger partial charge >= 0.3 is 0 Å². The molecule has 0 aliphatic rings. The summed E-state index contributed by atoms with van der Waals surface area (Å²) in [5.74, 6) is 1.14. The van der Waals surface area contributed by atoms with Crippen LogP contribution in [-0.2, 0) is 4.84 Å². The van der Waals surface area contributed by atoms with E-state index in [1.165, 1.54) is 7.11 Å². The number of para-hydroxylation sites is 1. The van der Waals surface area contributed by atoms with Gasteiger partial charge in [0.1, 0.15) is 24.7 Å². The molecule has 0 radical (unpaired) electrons. The second-order valence-electron chi connectivity index (χ2n) is 3.79. The fourth-order valence-electron chi connectivity index (χ4n) is 1.60. The van der Waals surface area contributed by atoms with Crippen LogP contribution in [0.3, 0.4) is 0 Å². The molecule has 0 unspecified atom stereocenters. The third-order valence-electron chi connectivity index (χ3n) is 2.47. The van der Waals surface area contributed by atoms with Crippen molar-refractivity contribution in [3.05, 3.63) is 59.1 Å². The first kappa shape index (κ1) is 13.9. The minimum Gasteiger partial charge on any atom is -0.457 e. The largest absolute Gasteiger partial charge is 0.457 e. The van der Waals surface area contributed by atoms with Crippen molar-refractivity contribution < 1.29 is 9.57 Å². The first-order valence-corrected chi connectivity index (χ1v) is 6.16. The molecule has 5 heteroatoms. The molecule has 4 nitrogen and oxygen atoms in total. The Morgan fingerprint density at radius 1 is 1.15 bits per heavy atom. The monoisotopic (exact) mass is 286 g/mol. The van der Waals surface area contributed by atoms with Crippen LogP contribution in [0.1, 0.15) is 5.56 Å². The normalized spacial score (nSPS) is 10.8. The van der Waals surface area contributed by atoms with E-state index in [2.05, 4.69) is 9.99 Å². The highest BCUT2D eigenvalue weighted by atomic mass is 35.5. The van der Waals surface area contributed by atoms with Gasteiger partial charge in [-0.3, -0.25) is 0 Å². The van der Waals surface area contributed by atoms with Crippen LogP contribution in [0.4, 0.5) is 0 Å². The standard InChI is InChI=1S/C15H11ClN2O2/c1-19-18-14(10-17)13-4-2-3-5-15(13)20-12-8-6-11(16)7-9-12/h2-9H,1H3. The molecular formula is C15H11ClN2O2. The maximum Gasteiger partial charge on any atom is 0.190 e. The second-order valence-corrected chi connectivity index (χ2v) is 4.22. The maximum atomic E-state index is 9.10. The Balaban J connectivity index is 2.35. The molecular weight excluding hydrogens is 276 g/mol. The summed E-state index contributed by atoms with van der Waals surface area (Å²) in [5.41, 5.74) is 0.712. The van der Waals surface area contributed by atoms with Crippen LogP contribution in [0, 0.1) is 11.3 Å². The number of nitriles is 1. The fourth-order valence-corrected chi connectivity index (χ4v) is 1.73. The third-order valence-corrected chi connectivity index (χ3v) is 2.72. The molecule has 0 aromatic heterocycles. The quantitative estimate of drug-likeness (QED) is 0.630. The van der Waals surface area contributed by atoms with Crippen LogP contribution < -0.4 is 4.74 Å². The Labute approximate surface area is 121 Å². The van der Waals surface area contributed by atoms with Gasteiger partial charge < -0.3 is 9.57 Å². The van der Waals surface area contributed by atoms with E-state index >= 15 is 0 Å². The highest BCUT2D eigenvalue weighted by Gasteiger charge is 2.11. The lowest BCUT2D eigenvalue weighted by Gasteiger charge is -2.09. The molecule has 0 N–H and O–H groups in total. The zero-order valence-electron chi connectivity index (χ0n) is 10.7. The Hall–Kier alpha value is -2.51. The molecule has 0 atom stereocenters. The highest BCUT2D eigenvalue weighted by molar-refractivity contribution is 6.30. The predicted octanol–water partition coefficient (Wildman–Crippen LogP) is 4.01. The van der Waals surface area contributed by atoms with Crippen LogP contribution in [0.15, 0.2) is 53.7 Å². The van der Waals surface area contributed by atoms with Crippen molar-refractivity contribution in [3.8, 4) is 17.6 Å². The minimum atomic E-state index is 0.150. The van der Waals surface area contributed by atoms with Crippen molar-refractivity contribution in [1.82, 2.24) is 0 Å². The number of benzene rings is 2. The van der Waals surface area contributed by atoms with Crippen molar-refractivity contribution in [2.45, 2.75) is 0 Å². The summed E-state index contributed by atoms with van der Waals surface area (Å²) >= 11 is 5.83. The molecule has 2 aromatic rings. The first-order valence-electron chi connectivity index (χ1n) is 5.78. The Kier molecular flexibility index (Phi) is 4.59. The van der Waals surface area contributed by atoms with Crippen molar-refractivity contribution in [1.29, 1.82) is 5.26 Å². The topological polar surface area (TPSA) is 54.6 Å². The molecule has 0 heterocycles. The molecule has 0 aliphatic heterocycles. The van der Waals surface area contributed by atoms with E-state index in [0.717, 1.165) is 0 Å². The van der Waals surface area contributed by atoms with E-state index in [9.17, 15) is 0 Å². The number of rotatable bonds is 4. The summed E-state index contributed by atoms with van der Waals surface area (Å²) in [6.07, 6.45) is 0. The zero-order chi connectivity index (χ0) is 14.4. The predicted molar refractivity (Wildman–Crippen MR) is 77.1 cm³/mol. The van der Waals surface area contributed by atoms with Crippen LogP contribution >= 0.6 is 11.6 Å². The summed E-state index contributed by atoms with van der Waals surface area (Å²) in [7, 11) is 1.39. The summed E-state index contributed by atoms with van der Waals surface area (Å²) in [6.45, 7) is 0. The van der Waals surface area contributed by atoms with Gasteiger partial charge in [0.05, 0.1) is 5.56 Å². The van der Waals surface area contributed by atoms with Crippen molar-refractivity contribution in [3.63, 3.8) is 0 Å². The molecule has 0 fully saturated rings. The van der Waals surface area contributed by atoms with Crippen molar-refractivity contribution in [2.24, 2.45) is 5.16 Å². The number of oxime groups is 1. The number of halogens is 1. The van der Waals surface area contributed by atoms with Gasteiger partial charge in [-0.25, -0.2) is 0 Å². The fraction of sp³-hybridized carbons (Fsp3) is 0.0667. The Morgan fingerprint density at radius 2 is 1.85 bits per heavy atom. The van der Waals surface area contributed by atoms with Crippen molar-refractivity contribution in [2.75, 3.05) is 7.11 Å². The SMILES string of the molecule is CON=C(C#N)c1ccccc1Oc1ccc(Cl)cc1. The molecule has 100 valence electrons. The summed E-state index contributed by atoms with van der Waals surface area (Å²) < 4.78 is 5.75. The average Bonchev–Trinajstić information content (AvgIpc) is 2.48. The van der Waals surface area contributed by atoms with Crippen LogP contribution in [0.5, 0.6) is 11.5 Å². The summed E-state index contributed by atoms with van der Waals surface area (Å²) in [5, 5.41) is 13.4. The molecule has 20 heavy (non-hydrogen) atoms. The number of hydrogen-bond donors (Lipinski definition) is 0. The van der Waals surface area contributed by atoms with Gasteiger partial charge in [0, 0.05) is 5.02 Å². The lowest BCUT2D eigenvalue weighted by molar-refractivity contribution is 0.214. The smallest absolute Gasteiger partial charge is 0.190 e. The van der Waals surface area contributed by atoms with Gasteiger partial charge in [-0.1, -0.05) is 28.9 Å². The summed E-state index contributed by atoms with van der Waals surface area (Å²) in [4.78, 5) is 4.66. The van der Waals surface area contributed by atoms with Gasteiger partial charge in [0.25, 0.3) is 0 Å². The molecule has 0 saturated heterocycles. The van der Waals surface area contributed by atoms with E-state index in [-0.39, 0.29) is 5.71 Å². The van der Waals surface area contributed by atoms with Crippen molar-refractivity contribution >= 4 is 17.3 Å². The third kappa shape index (κ3) is 3.28. The maximum absolute atomic E-state index is 9.10. The van der Waals surface area contributed by atoms with Crippen LogP contribution in [-0.4, -0.2) is 12.8 Å². The lowest BCUT2D eigenvalue weighted by Crippen LogP contribution is -2.01. The van der Waals surface area contributed by atoms with Crippen LogP contribution in [0.2, 0.25) is 5.02 Å². The van der Waals surface area contributed by atoms with Gasteiger partial charge in [0.2, 0.25) is 0 Å². The molecule has 0 bridgehead atoms. The van der Waals surface area contributed by atoms with Crippen LogP contribution in [0.25, 0.3) is 0 Å². The zero-order valence-corrected chi connectivity index (χ0v) is 11.5. The summed E-state index contributed by atoms with van der Waals surface area (Å²) in [6, 6.07) is 16.0. The first-order chi connectivity index (χ1) is 9.74. The van der Waals surface area contributed by atoms with E-state index in [4.69, 9.17) is 21.6 Å². The van der Waals surface area contributed by atoms with E-state index in [1.54, 1.807) is 42.5 Å². The Morgan fingerprint density at radius 3 is 2.50 bits per heavy atom. The lowest BCUT2D eigenvalue weighted by atomic mass is 10.1. The minimum absolute atomic E-state index is 0.150. The van der Waals surface area contributed by atoms with E-state index < -0.39 is 0 Å².